The molecule has 0 aromatic carbocycles. The number of ether oxygens (including phenoxy) is 3. The summed E-state index contributed by atoms with van der Waals surface area (Å²) in [7, 11) is 0. The van der Waals surface area contributed by atoms with Gasteiger partial charge in [-0.2, -0.15) is 0 Å². The van der Waals surface area contributed by atoms with Crippen LogP contribution in [-0.2, 0) is 28.6 Å². The van der Waals surface area contributed by atoms with Gasteiger partial charge in [0, 0.05) is 19.3 Å². The van der Waals surface area contributed by atoms with E-state index in [1.165, 1.54) is 212 Å². The lowest BCUT2D eigenvalue weighted by Crippen LogP contribution is -2.30. The Morgan fingerprint density at radius 1 is 0.270 bits per heavy atom. The van der Waals surface area contributed by atoms with Gasteiger partial charge in [-0.3, -0.25) is 14.4 Å². The number of unbranched alkanes of at least 4 members (excludes halogenated alkanes) is 38. The van der Waals surface area contributed by atoms with Gasteiger partial charge in [-0.05, 0) is 89.9 Å². The molecular weight excluding hydrogens is 913 g/mol. The minimum atomic E-state index is -0.777. The fourth-order valence-corrected chi connectivity index (χ4v) is 9.36. The Morgan fingerprint density at radius 2 is 0.486 bits per heavy atom. The molecule has 0 saturated heterocycles. The van der Waals surface area contributed by atoms with Crippen LogP contribution < -0.4 is 0 Å². The Bertz CT molecular complexity index is 1330. The third-order valence-corrected chi connectivity index (χ3v) is 14.2. The lowest BCUT2D eigenvalue weighted by molar-refractivity contribution is -0.167. The van der Waals surface area contributed by atoms with Crippen LogP contribution in [0.3, 0.4) is 0 Å². The van der Waals surface area contributed by atoms with Gasteiger partial charge in [0.05, 0.1) is 0 Å². The quantitative estimate of drug-likeness (QED) is 0.0261. The van der Waals surface area contributed by atoms with E-state index >= 15 is 0 Å². The molecule has 0 aromatic heterocycles. The SMILES string of the molecule is CCCCC/C=C\C/C=C\C/C=C\CCCCCCCCC(=O)OC(COC(=O)CCCCCCCC)COC(=O)CCCCCCCCCCCCCCCCCCCCC/C=C\C/C=C\CCCCCCC. The molecule has 0 aliphatic carbocycles. The second-order valence-electron chi connectivity index (χ2n) is 21.7. The van der Waals surface area contributed by atoms with Crippen molar-refractivity contribution in [3.63, 3.8) is 0 Å². The maximum absolute atomic E-state index is 12.8. The smallest absolute Gasteiger partial charge is 0.306 e. The highest BCUT2D eigenvalue weighted by atomic mass is 16.6. The zero-order chi connectivity index (χ0) is 53.6. The van der Waals surface area contributed by atoms with E-state index in [4.69, 9.17) is 14.2 Å². The molecule has 0 radical (unpaired) electrons. The van der Waals surface area contributed by atoms with Crippen LogP contribution in [0.25, 0.3) is 0 Å². The molecule has 0 rings (SSSR count). The van der Waals surface area contributed by atoms with Crippen LogP contribution in [0, 0.1) is 0 Å². The molecular formula is C68H122O6. The largest absolute Gasteiger partial charge is 0.462 e. The van der Waals surface area contributed by atoms with Crippen molar-refractivity contribution < 1.29 is 28.6 Å². The Balaban J connectivity index is 4.01. The number of hydrogen-bond acceptors (Lipinski definition) is 6. The van der Waals surface area contributed by atoms with Gasteiger partial charge in [-0.15, -0.1) is 0 Å². The average Bonchev–Trinajstić information content (AvgIpc) is 3.40. The number of rotatable bonds is 59. The number of allylic oxidation sites excluding steroid dienone is 10. The molecule has 1 unspecified atom stereocenters. The van der Waals surface area contributed by atoms with Crippen molar-refractivity contribution in [3.05, 3.63) is 60.8 Å². The molecule has 6 heteroatoms. The Labute approximate surface area is 460 Å². The summed E-state index contributed by atoms with van der Waals surface area (Å²) in [6.07, 6.45) is 79.9. The lowest BCUT2D eigenvalue weighted by Gasteiger charge is -2.18. The predicted octanol–water partition coefficient (Wildman–Crippen LogP) is 21.9. The fraction of sp³-hybridized carbons (Fsp3) is 0.809. The highest BCUT2D eigenvalue weighted by molar-refractivity contribution is 5.71. The van der Waals surface area contributed by atoms with Gasteiger partial charge in [-0.25, -0.2) is 0 Å². The van der Waals surface area contributed by atoms with E-state index in [0.29, 0.717) is 19.3 Å². The number of hydrogen-bond donors (Lipinski definition) is 0. The molecule has 0 aliphatic rings. The Hall–Kier alpha value is -2.89. The molecule has 0 saturated carbocycles. The molecule has 0 spiro atoms. The Morgan fingerprint density at radius 3 is 0.784 bits per heavy atom. The normalized spacial score (nSPS) is 12.4. The van der Waals surface area contributed by atoms with Gasteiger partial charge >= 0.3 is 17.9 Å². The summed E-state index contributed by atoms with van der Waals surface area (Å²) >= 11 is 0. The van der Waals surface area contributed by atoms with Crippen molar-refractivity contribution in [2.75, 3.05) is 13.2 Å². The van der Waals surface area contributed by atoms with Crippen molar-refractivity contribution in [2.45, 2.75) is 341 Å². The van der Waals surface area contributed by atoms with E-state index in [1.807, 2.05) is 0 Å². The maximum Gasteiger partial charge on any atom is 0.306 e. The molecule has 0 bridgehead atoms. The molecule has 430 valence electrons. The number of esters is 3. The third-order valence-electron chi connectivity index (χ3n) is 14.2. The van der Waals surface area contributed by atoms with Crippen LogP contribution in [-0.4, -0.2) is 37.2 Å². The molecule has 0 aliphatic heterocycles. The van der Waals surface area contributed by atoms with Crippen LogP contribution in [0.1, 0.15) is 335 Å². The summed E-state index contributed by atoms with van der Waals surface area (Å²) in [5.41, 5.74) is 0. The van der Waals surface area contributed by atoms with Crippen molar-refractivity contribution in [1.82, 2.24) is 0 Å². The van der Waals surface area contributed by atoms with Crippen molar-refractivity contribution in [1.29, 1.82) is 0 Å². The first-order valence-corrected chi connectivity index (χ1v) is 32.3. The zero-order valence-electron chi connectivity index (χ0n) is 49.4. The predicted molar refractivity (Wildman–Crippen MR) is 321 cm³/mol. The van der Waals surface area contributed by atoms with Crippen LogP contribution >= 0.6 is 0 Å². The van der Waals surface area contributed by atoms with Gasteiger partial charge < -0.3 is 14.2 Å². The first-order valence-electron chi connectivity index (χ1n) is 32.3. The van der Waals surface area contributed by atoms with E-state index in [-0.39, 0.29) is 31.1 Å². The summed E-state index contributed by atoms with van der Waals surface area (Å²) in [5, 5.41) is 0. The summed E-state index contributed by atoms with van der Waals surface area (Å²) < 4.78 is 16.8. The van der Waals surface area contributed by atoms with Gasteiger partial charge in [-0.1, -0.05) is 287 Å². The number of carbonyl (C=O) groups excluding carboxylic acids is 3. The summed E-state index contributed by atoms with van der Waals surface area (Å²) in [6, 6.07) is 0. The first-order chi connectivity index (χ1) is 36.5. The molecule has 0 aromatic rings. The minimum Gasteiger partial charge on any atom is -0.462 e. The van der Waals surface area contributed by atoms with Gasteiger partial charge in [0.15, 0.2) is 6.10 Å². The van der Waals surface area contributed by atoms with E-state index in [1.54, 1.807) is 0 Å². The van der Waals surface area contributed by atoms with Crippen molar-refractivity contribution in [3.8, 4) is 0 Å². The fourth-order valence-electron chi connectivity index (χ4n) is 9.36. The maximum atomic E-state index is 12.8. The van der Waals surface area contributed by atoms with Crippen LogP contribution in [0.15, 0.2) is 60.8 Å². The van der Waals surface area contributed by atoms with E-state index in [0.717, 1.165) is 83.5 Å². The second-order valence-corrected chi connectivity index (χ2v) is 21.7. The van der Waals surface area contributed by atoms with Crippen molar-refractivity contribution in [2.24, 2.45) is 0 Å². The summed E-state index contributed by atoms with van der Waals surface area (Å²) in [4.78, 5) is 38.0. The van der Waals surface area contributed by atoms with Gasteiger partial charge in [0.25, 0.3) is 0 Å². The van der Waals surface area contributed by atoms with E-state index in [9.17, 15) is 14.4 Å². The topological polar surface area (TPSA) is 78.9 Å². The standard InChI is InChI=1S/C68H122O6/c1-4-7-10-13-16-18-20-22-24-26-28-29-30-31-32-33-34-35-36-37-38-39-41-42-44-46-48-50-52-55-58-61-67(70)73-64-65(63-72-66(69)60-57-54-15-12-9-6-3)74-68(71)62-59-56-53-51-49-47-45-43-40-27-25-23-21-19-17-14-11-8-5-2/h17,19-20,22-23,25-26,28,40,43,65H,4-16,18,21,24,27,29-39,41-42,44-64H2,1-3H3/b19-17-,22-20-,25-23-,28-26-,43-40-. The third kappa shape index (κ3) is 60.0. The monoisotopic (exact) mass is 1030 g/mol. The molecule has 74 heavy (non-hydrogen) atoms. The minimum absolute atomic E-state index is 0.0764. The lowest BCUT2D eigenvalue weighted by atomic mass is 10.0. The second kappa shape index (κ2) is 62.6. The van der Waals surface area contributed by atoms with Crippen LogP contribution in [0.4, 0.5) is 0 Å². The van der Waals surface area contributed by atoms with E-state index in [2.05, 4.69) is 81.5 Å². The zero-order valence-corrected chi connectivity index (χ0v) is 49.4. The Kier molecular flexibility index (Phi) is 60.2. The molecule has 0 fully saturated rings. The summed E-state index contributed by atoms with van der Waals surface area (Å²) in [5.74, 6) is -0.884. The van der Waals surface area contributed by atoms with Crippen molar-refractivity contribution >= 4 is 17.9 Å². The van der Waals surface area contributed by atoms with E-state index < -0.39 is 6.10 Å². The molecule has 6 nitrogen and oxygen atoms in total. The summed E-state index contributed by atoms with van der Waals surface area (Å²) in [6.45, 7) is 6.57. The van der Waals surface area contributed by atoms with Crippen LogP contribution in [0.5, 0.6) is 0 Å². The average molecular weight is 1040 g/mol. The molecule has 0 amide bonds. The van der Waals surface area contributed by atoms with Gasteiger partial charge in [0.2, 0.25) is 0 Å². The highest BCUT2D eigenvalue weighted by Crippen LogP contribution is 2.17. The van der Waals surface area contributed by atoms with Crippen LogP contribution in [0.2, 0.25) is 0 Å². The highest BCUT2D eigenvalue weighted by Gasteiger charge is 2.19. The molecule has 1 atom stereocenters. The number of carbonyl (C=O) groups is 3. The molecule has 0 N–H and O–H groups in total. The van der Waals surface area contributed by atoms with Gasteiger partial charge in [0.1, 0.15) is 13.2 Å². The molecule has 0 heterocycles. The first kappa shape index (κ1) is 71.1.